The van der Waals surface area contributed by atoms with Crippen LogP contribution in [0.5, 0.6) is 0 Å². The number of piperazine rings is 1. The predicted octanol–water partition coefficient (Wildman–Crippen LogP) is 0.712. The first-order valence-electron chi connectivity index (χ1n) is 8.59. The van der Waals surface area contributed by atoms with E-state index in [1.54, 1.807) is 6.20 Å². The molecule has 0 bridgehead atoms. The topological polar surface area (TPSA) is 58.4 Å². The van der Waals surface area contributed by atoms with E-state index in [4.69, 9.17) is 0 Å². The third-order valence-corrected chi connectivity index (χ3v) is 6.63. The highest BCUT2D eigenvalue weighted by atomic mass is 32.2. The lowest BCUT2D eigenvalue weighted by molar-refractivity contribution is 0.0373. The lowest BCUT2D eigenvalue weighted by Gasteiger charge is -2.44. The molecular weight excluding hydrogens is 312 g/mol. The Morgan fingerprint density at radius 2 is 1.83 bits per heavy atom. The second kappa shape index (κ2) is 6.91. The SMILES string of the molecule is CC(C)CN1CCN(CCCn2ccnc2)[C@H]2CS(=O)(=O)C[C@H]21. The summed E-state index contributed by atoms with van der Waals surface area (Å²) in [5.41, 5.74) is 0. The molecule has 0 unspecified atom stereocenters. The Bertz CT molecular complexity index is 600. The van der Waals surface area contributed by atoms with Crippen LogP contribution in [0.4, 0.5) is 0 Å². The van der Waals surface area contributed by atoms with Gasteiger partial charge in [0.25, 0.3) is 0 Å². The molecule has 2 aliphatic rings. The Kier molecular flexibility index (Phi) is 5.08. The van der Waals surface area contributed by atoms with Crippen LogP contribution in [0, 0.1) is 5.92 Å². The molecule has 2 atom stereocenters. The normalized spacial score (nSPS) is 28.3. The molecule has 0 radical (unpaired) electrons. The van der Waals surface area contributed by atoms with Crippen molar-refractivity contribution >= 4 is 9.84 Å². The van der Waals surface area contributed by atoms with Gasteiger partial charge >= 0.3 is 0 Å². The predicted molar refractivity (Wildman–Crippen MR) is 91.1 cm³/mol. The van der Waals surface area contributed by atoms with Gasteiger partial charge in [-0.1, -0.05) is 13.8 Å². The van der Waals surface area contributed by atoms with Gasteiger partial charge in [0.2, 0.25) is 0 Å². The monoisotopic (exact) mass is 340 g/mol. The van der Waals surface area contributed by atoms with Crippen LogP contribution in [-0.4, -0.2) is 77.5 Å². The van der Waals surface area contributed by atoms with Gasteiger partial charge in [0, 0.05) is 57.2 Å². The molecule has 0 amide bonds. The Balaban J connectivity index is 1.61. The van der Waals surface area contributed by atoms with E-state index in [2.05, 4.69) is 33.2 Å². The van der Waals surface area contributed by atoms with Gasteiger partial charge in [-0.3, -0.25) is 9.80 Å². The summed E-state index contributed by atoms with van der Waals surface area (Å²) >= 11 is 0. The van der Waals surface area contributed by atoms with Crippen molar-refractivity contribution in [3.63, 3.8) is 0 Å². The number of aromatic nitrogens is 2. The summed E-state index contributed by atoms with van der Waals surface area (Å²) in [6.45, 7) is 9.28. The number of aryl methyl sites for hydroxylation is 1. The van der Waals surface area contributed by atoms with Gasteiger partial charge in [-0.05, 0) is 12.3 Å². The second-order valence-corrected chi connectivity index (χ2v) is 9.44. The van der Waals surface area contributed by atoms with E-state index in [1.807, 2.05) is 12.5 Å². The lowest BCUT2D eigenvalue weighted by Crippen LogP contribution is -2.59. The summed E-state index contributed by atoms with van der Waals surface area (Å²) in [7, 11) is -2.90. The molecule has 0 N–H and O–H groups in total. The minimum absolute atomic E-state index is 0.176. The van der Waals surface area contributed by atoms with Crippen LogP contribution in [0.1, 0.15) is 20.3 Å². The van der Waals surface area contributed by atoms with E-state index in [9.17, 15) is 8.42 Å². The lowest BCUT2D eigenvalue weighted by atomic mass is 10.0. The van der Waals surface area contributed by atoms with E-state index in [-0.39, 0.29) is 12.1 Å². The van der Waals surface area contributed by atoms with Crippen LogP contribution >= 0.6 is 0 Å². The van der Waals surface area contributed by atoms with Crippen LogP contribution in [0.3, 0.4) is 0 Å². The number of sulfone groups is 1. The molecule has 0 aromatic carbocycles. The van der Waals surface area contributed by atoms with E-state index >= 15 is 0 Å². The van der Waals surface area contributed by atoms with E-state index in [0.29, 0.717) is 17.4 Å². The van der Waals surface area contributed by atoms with Crippen LogP contribution in [0.2, 0.25) is 0 Å². The zero-order valence-corrected chi connectivity index (χ0v) is 15.0. The maximum Gasteiger partial charge on any atom is 0.153 e. The molecule has 6 nitrogen and oxygen atoms in total. The molecule has 0 saturated carbocycles. The minimum atomic E-state index is -2.90. The molecule has 130 valence electrons. The number of nitrogens with zero attached hydrogens (tertiary/aromatic N) is 4. The largest absolute Gasteiger partial charge is 0.337 e. The molecule has 7 heteroatoms. The molecule has 2 aliphatic heterocycles. The maximum atomic E-state index is 12.2. The quantitative estimate of drug-likeness (QED) is 0.763. The van der Waals surface area contributed by atoms with Crippen molar-refractivity contribution in [2.45, 2.75) is 38.9 Å². The first-order valence-corrected chi connectivity index (χ1v) is 10.4. The highest BCUT2D eigenvalue weighted by Crippen LogP contribution is 2.27. The highest BCUT2D eigenvalue weighted by Gasteiger charge is 2.46. The van der Waals surface area contributed by atoms with Crippen molar-refractivity contribution in [2.24, 2.45) is 5.92 Å². The van der Waals surface area contributed by atoms with Gasteiger partial charge in [0.15, 0.2) is 9.84 Å². The van der Waals surface area contributed by atoms with Gasteiger partial charge in [-0.2, -0.15) is 0 Å². The Morgan fingerprint density at radius 3 is 2.48 bits per heavy atom. The first kappa shape index (κ1) is 16.9. The minimum Gasteiger partial charge on any atom is -0.337 e. The summed E-state index contributed by atoms with van der Waals surface area (Å²) in [6.07, 6.45) is 6.64. The molecule has 0 spiro atoms. The van der Waals surface area contributed by atoms with E-state index in [0.717, 1.165) is 39.1 Å². The standard InChI is InChI=1S/C16H28N4O2S/c1-14(2)10-20-9-8-19(6-3-5-18-7-4-17-13-18)15-11-23(21,22)12-16(15)20/h4,7,13-16H,3,5-6,8-12H2,1-2H3/t15-,16+/m0/s1. The summed E-state index contributed by atoms with van der Waals surface area (Å²) < 4.78 is 26.4. The number of fused-ring (bicyclic) bond motifs is 1. The molecule has 23 heavy (non-hydrogen) atoms. The summed E-state index contributed by atoms with van der Waals surface area (Å²) in [5.74, 6) is 1.24. The average molecular weight is 340 g/mol. The summed E-state index contributed by atoms with van der Waals surface area (Å²) in [4.78, 5) is 8.88. The second-order valence-electron chi connectivity index (χ2n) is 7.29. The maximum absolute atomic E-state index is 12.2. The number of hydrogen-bond donors (Lipinski definition) is 0. The van der Waals surface area contributed by atoms with Gasteiger partial charge in [0.1, 0.15) is 0 Å². The van der Waals surface area contributed by atoms with E-state index < -0.39 is 9.84 Å². The third-order valence-electron chi connectivity index (χ3n) is 4.93. The van der Waals surface area contributed by atoms with Crippen LogP contribution in [-0.2, 0) is 16.4 Å². The molecular formula is C16H28N4O2S. The van der Waals surface area contributed by atoms with Gasteiger partial charge < -0.3 is 4.57 Å². The Morgan fingerprint density at radius 1 is 1.13 bits per heavy atom. The smallest absolute Gasteiger partial charge is 0.153 e. The number of imidazole rings is 1. The van der Waals surface area contributed by atoms with Crippen molar-refractivity contribution in [1.82, 2.24) is 19.4 Å². The molecule has 1 aromatic heterocycles. The van der Waals surface area contributed by atoms with Crippen LogP contribution in [0.25, 0.3) is 0 Å². The molecule has 3 rings (SSSR count). The van der Waals surface area contributed by atoms with Gasteiger partial charge in [-0.25, -0.2) is 13.4 Å². The summed E-state index contributed by atoms with van der Waals surface area (Å²) in [6, 6.07) is 0.361. The third kappa shape index (κ3) is 4.14. The molecule has 3 heterocycles. The van der Waals surface area contributed by atoms with E-state index in [1.165, 1.54) is 0 Å². The Labute approximate surface area is 139 Å². The first-order chi connectivity index (χ1) is 10.9. The van der Waals surface area contributed by atoms with Gasteiger partial charge in [0.05, 0.1) is 17.8 Å². The van der Waals surface area contributed by atoms with Gasteiger partial charge in [-0.15, -0.1) is 0 Å². The Hall–Kier alpha value is -0.920. The fourth-order valence-corrected chi connectivity index (χ4v) is 5.99. The van der Waals surface area contributed by atoms with Crippen molar-refractivity contribution in [2.75, 3.05) is 37.7 Å². The van der Waals surface area contributed by atoms with Crippen molar-refractivity contribution in [3.05, 3.63) is 18.7 Å². The van der Waals surface area contributed by atoms with Crippen molar-refractivity contribution in [1.29, 1.82) is 0 Å². The highest BCUT2D eigenvalue weighted by molar-refractivity contribution is 7.91. The zero-order valence-electron chi connectivity index (χ0n) is 14.1. The average Bonchev–Trinajstić information content (AvgIpc) is 3.07. The number of rotatable bonds is 6. The zero-order chi connectivity index (χ0) is 16.4. The molecule has 2 fully saturated rings. The fraction of sp³-hybridized carbons (Fsp3) is 0.812. The molecule has 1 aromatic rings. The van der Waals surface area contributed by atoms with Crippen molar-refractivity contribution < 1.29 is 8.42 Å². The summed E-state index contributed by atoms with van der Waals surface area (Å²) in [5, 5.41) is 0. The number of hydrogen-bond acceptors (Lipinski definition) is 5. The van der Waals surface area contributed by atoms with Crippen molar-refractivity contribution in [3.8, 4) is 0 Å². The van der Waals surface area contributed by atoms with Crippen LogP contribution < -0.4 is 0 Å². The molecule has 2 saturated heterocycles. The molecule has 0 aliphatic carbocycles. The fourth-order valence-electron chi connectivity index (χ4n) is 3.95. The van der Waals surface area contributed by atoms with Crippen LogP contribution in [0.15, 0.2) is 18.7 Å².